The Morgan fingerprint density at radius 3 is 2.29 bits per heavy atom. The van der Waals surface area contributed by atoms with Crippen LogP contribution in [0.3, 0.4) is 0 Å². The standard InChI is InChI=1S/C14H24N2O8/c1-6(17)15-5-9(20)11(21)12-10(16-7(2)18)8(19)4-14(3,24-12)13(22)23/h8-12,19-21H,4-5H2,1-3H3,(H,15,17)(H,16,18)(H,22,23)/t8-,9-,10+,11-,12?,14+/m1/s1. The number of carbonyl (C=O) groups is 3. The van der Waals surface area contributed by atoms with Crippen molar-refractivity contribution in [1.82, 2.24) is 10.6 Å². The molecule has 10 heteroatoms. The van der Waals surface area contributed by atoms with E-state index < -0.39 is 53.8 Å². The van der Waals surface area contributed by atoms with E-state index in [-0.39, 0.29) is 13.0 Å². The van der Waals surface area contributed by atoms with Crippen LogP contribution in [-0.2, 0) is 19.1 Å². The first kappa shape index (κ1) is 20.3. The molecule has 0 bridgehead atoms. The highest BCUT2D eigenvalue weighted by Gasteiger charge is 2.52. The molecule has 0 aromatic rings. The fourth-order valence-corrected chi connectivity index (χ4v) is 2.59. The van der Waals surface area contributed by atoms with E-state index in [0.717, 1.165) is 0 Å². The highest BCUT2D eigenvalue weighted by atomic mass is 16.6. The molecule has 1 heterocycles. The minimum atomic E-state index is -1.80. The predicted molar refractivity (Wildman–Crippen MR) is 79.8 cm³/mol. The highest BCUT2D eigenvalue weighted by molar-refractivity contribution is 5.77. The Balaban J connectivity index is 3.01. The second-order valence-corrected chi connectivity index (χ2v) is 6.11. The largest absolute Gasteiger partial charge is 0.479 e. The summed E-state index contributed by atoms with van der Waals surface area (Å²) >= 11 is 0. The molecule has 0 saturated carbocycles. The molecule has 1 rings (SSSR count). The summed E-state index contributed by atoms with van der Waals surface area (Å²) in [5.41, 5.74) is -1.80. The zero-order valence-electron chi connectivity index (χ0n) is 13.7. The van der Waals surface area contributed by atoms with Crippen molar-refractivity contribution >= 4 is 17.8 Å². The number of aliphatic hydroxyl groups is 3. The Hall–Kier alpha value is -1.75. The van der Waals surface area contributed by atoms with E-state index in [1.54, 1.807) is 0 Å². The molecule has 0 spiro atoms. The Bertz CT molecular complexity index is 499. The predicted octanol–water partition coefficient (Wildman–Crippen LogP) is -2.66. The summed E-state index contributed by atoms with van der Waals surface area (Å²) in [6, 6.07) is -1.11. The molecule has 0 aliphatic carbocycles. The molecule has 0 radical (unpaired) electrons. The van der Waals surface area contributed by atoms with Crippen LogP contribution in [0.4, 0.5) is 0 Å². The zero-order valence-corrected chi connectivity index (χ0v) is 13.7. The van der Waals surface area contributed by atoms with Crippen LogP contribution >= 0.6 is 0 Å². The van der Waals surface area contributed by atoms with Crippen molar-refractivity contribution in [3.05, 3.63) is 0 Å². The van der Waals surface area contributed by atoms with Crippen molar-refractivity contribution in [2.45, 2.75) is 63.3 Å². The number of aliphatic carboxylic acids is 1. The molecular weight excluding hydrogens is 324 g/mol. The van der Waals surface area contributed by atoms with Crippen molar-refractivity contribution < 1.29 is 39.5 Å². The SMILES string of the molecule is CC(=O)NC[C@@H](O)[C@@H](O)C1O[C@](C)(C(=O)O)C[C@@H](O)[C@@H]1NC(C)=O. The molecule has 1 saturated heterocycles. The first-order valence-electron chi connectivity index (χ1n) is 7.45. The third-order valence-electron chi connectivity index (χ3n) is 3.88. The summed E-state index contributed by atoms with van der Waals surface area (Å²) in [5, 5.41) is 44.4. The van der Waals surface area contributed by atoms with Crippen LogP contribution in [0.2, 0.25) is 0 Å². The Morgan fingerprint density at radius 2 is 1.83 bits per heavy atom. The maximum absolute atomic E-state index is 11.4. The van der Waals surface area contributed by atoms with Crippen molar-refractivity contribution in [3.8, 4) is 0 Å². The lowest BCUT2D eigenvalue weighted by molar-refractivity contribution is -0.222. The lowest BCUT2D eigenvalue weighted by Crippen LogP contribution is -2.66. The van der Waals surface area contributed by atoms with E-state index in [1.165, 1.54) is 20.8 Å². The molecule has 0 aromatic carbocycles. The van der Waals surface area contributed by atoms with Gasteiger partial charge in [0.15, 0.2) is 5.60 Å². The normalized spacial score (nSPS) is 32.5. The number of rotatable bonds is 6. The van der Waals surface area contributed by atoms with Crippen LogP contribution in [0.5, 0.6) is 0 Å². The van der Waals surface area contributed by atoms with Gasteiger partial charge >= 0.3 is 5.97 Å². The van der Waals surface area contributed by atoms with E-state index in [1.807, 2.05) is 0 Å². The monoisotopic (exact) mass is 348 g/mol. The van der Waals surface area contributed by atoms with Crippen molar-refractivity contribution in [3.63, 3.8) is 0 Å². The molecule has 10 nitrogen and oxygen atoms in total. The smallest absolute Gasteiger partial charge is 0.335 e. The van der Waals surface area contributed by atoms with E-state index in [9.17, 15) is 34.8 Å². The molecule has 1 aliphatic heterocycles. The third kappa shape index (κ3) is 4.87. The molecular formula is C14H24N2O8. The van der Waals surface area contributed by atoms with Gasteiger partial charge in [-0.05, 0) is 6.92 Å². The Morgan fingerprint density at radius 1 is 1.25 bits per heavy atom. The first-order chi connectivity index (χ1) is 11.0. The lowest BCUT2D eigenvalue weighted by Gasteiger charge is -2.45. The molecule has 1 aliphatic rings. The van der Waals surface area contributed by atoms with Crippen LogP contribution in [0, 0.1) is 0 Å². The van der Waals surface area contributed by atoms with E-state index in [4.69, 9.17) is 4.74 Å². The van der Waals surface area contributed by atoms with Crippen LogP contribution in [-0.4, -0.2) is 80.8 Å². The Labute approximate surface area is 138 Å². The molecule has 1 fully saturated rings. The van der Waals surface area contributed by atoms with Gasteiger partial charge in [0.2, 0.25) is 11.8 Å². The summed E-state index contributed by atoms with van der Waals surface area (Å²) < 4.78 is 5.41. The van der Waals surface area contributed by atoms with Crippen LogP contribution in [0.1, 0.15) is 27.2 Å². The summed E-state index contributed by atoms with van der Waals surface area (Å²) in [5.74, 6) is -2.30. The van der Waals surface area contributed by atoms with E-state index in [0.29, 0.717) is 0 Å². The molecule has 0 aromatic heterocycles. The number of nitrogens with one attached hydrogen (secondary N) is 2. The molecule has 6 N–H and O–H groups in total. The second-order valence-electron chi connectivity index (χ2n) is 6.11. The van der Waals surface area contributed by atoms with Crippen LogP contribution in [0.25, 0.3) is 0 Å². The number of carboxylic acid groups (broad SMARTS) is 1. The number of amides is 2. The lowest BCUT2D eigenvalue weighted by atomic mass is 9.84. The summed E-state index contributed by atoms with van der Waals surface area (Å²) in [4.78, 5) is 33.6. The summed E-state index contributed by atoms with van der Waals surface area (Å²) in [6.07, 6.45) is -6.14. The van der Waals surface area contributed by atoms with E-state index in [2.05, 4.69) is 10.6 Å². The number of aliphatic hydroxyl groups excluding tert-OH is 3. The third-order valence-corrected chi connectivity index (χ3v) is 3.88. The van der Waals surface area contributed by atoms with Crippen LogP contribution in [0.15, 0.2) is 0 Å². The van der Waals surface area contributed by atoms with Gasteiger partial charge in [-0.15, -0.1) is 0 Å². The van der Waals surface area contributed by atoms with Crippen molar-refractivity contribution in [2.75, 3.05) is 6.54 Å². The zero-order chi connectivity index (χ0) is 18.7. The quantitative estimate of drug-likeness (QED) is 0.303. The fourth-order valence-electron chi connectivity index (χ4n) is 2.59. The number of carboxylic acids is 1. The maximum Gasteiger partial charge on any atom is 0.335 e. The number of ether oxygens (including phenoxy) is 1. The maximum atomic E-state index is 11.4. The van der Waals surface area contributed by atoms with E-state index >= 15 is 0 Å². The van der Waals surface area contributed by atoms with Gasteiger partial charge in [-0.25, -0.2) is 4.79 Å². The molecule has 24 heavy (non-hydrogen) atoms. The van der Waals surface area contributed by atoms with Gasteiger partial charge in [-0.3, -0.25) is 9.59 Å². The van der Waals surface area contributed by atoms with Gasteiger partial charge in [0.05, 0.1) is 18.2 Å². The highest BCUT2D eigenvalue weighted by Crippen LogP contribution is 2.32. The van der Waals surface area contributed by atoms with Gasteiger partial charge in [-0.1, -0.05) is 0 Å². The van der Waals surface area contributed by atoms with Crippen molar-refractivity contribution in [1.29, 1.82) is 0 Å². The number of carbonyl (C=O) groups excluding carboxylic acids is 2. The number of hydrogen-bond donors (Lipinski definition) is 6. The fraction of sp³-hybridized carbons (Fsp3) is 0.786. The molecule has 1 unspecified atom stereocenters. The van der Waals surface area contributed by atoms with Gasteiger partial charge in [0, 0.05) is 26.8 Å². The minimum Gasteiger partial charge on any atom is -0.479 e. The molecule has 6 atom stereocenters. The summed E-state index contributed by atoms with van der Waals surface area (Å²) in [6.45, 7) is 3.34. The minimum absolute atomic E-state index is 0.303. The van der Waals surface area contributed by atoms with Gasteiger partial charge in [0.25, 0.3) is 0 Å². The number of hydrogen-bond acceptors (Lipinski definition) is 7. The molecule has 2 amide bonds. The first-order valence-corrected chi connectivity index (χ1v) is 7.45. The van der Waals surface area contributed by atoms with Crippen molar-refractivity contribution in [2.24, 2.45) is 0 Å². The van der Waals surface area contributed by atoms with Gasteiger partial charge < -0.3 is 35.8 Å². The average Bonchev–Trinajstić information content (AvgIpc) is 2.46. The Kier molecular flexibility index (Phi) is 6.67. The van der Waals surface area contributed by atoms with Crippen LogP contribution < -0.4 is 10.6 Å². The van der Waals surface area contributed by atoms with Gasteiger partial charge in [-0.2, -0.15) is 0 Å². The second kappa shape index (κ2) is 7.88. The topological polar surface area (TPSA) is 165 Å². The van der Waals surface area contributed by atoms with Gasteiger partial charge in [0.1, 0.15) is 12.2 Å². The molecule has 138 valence electrons. The summed E-state index contributed by atoms with van der Waals surface area (Å²) in [7, 11) is 0. The average molecular weight is 348 g/mol.